The molecule has 84 valence electrons. The second kappa shape index (κ2) is 5.23. The molecule has 1 heterocycles. The van der Waals surface area contributed by atoms with Crippen molar-refractivity contribution in [3.63, 3.8) is 0 Å². The van der Waals surface area contributed by atoms with Crippen molar-refractivity contribution in [1.29, 1.82) is 0 Å². The van der Waals surface area contributed by atoms with Crippen molar-refractivity contribution in [3.8, 4) is 0 Å². The molecule has 5 heteroatoms. The van der Waals surface area contributed by atoms with Gasteiger partial charge in [-0.05, 0) is 12.8 Å². The van der Waals surface area contributed by atoms with Gasteiger partial charge in [-0.15, -0.1) is 11.3 Å². The fraction of sp³-hybridized carbons (Fsp3) is 0.600. The third kappa shape index (κ3) is 3.28. The van der Waals surface area contributed by atoms with Gasteiger partial charge >= 0.3 is 0 Å². The minimum Gasteiger partial charge on any atom is -0.346 e. The Balaban J connectivity index is 2.52. The van der Waals surface area contributed by atoms with Crippen molar-refractivity contribution < 1.29 is 4.79 Å². The highest BCUT2D eigenvalue weighted by Gasteiger charge is 2.20. The van der Waals surface area contributed by atoms with E-state index in [9.17, 15) is 4.79 Å². The van der Waals surface area contributed by atoms with E-state index in [4.69, 9.17) is 5.73 Å². The lowest BCUT2D eigenvalue weighted by atomic mass is 10.0. The fourth-order valence-electron chi connectivity index (χ4n) is 1.12. The lowest BCUT2D eigenvalue weighted by Crippen LogP contribution is -2.44. The smallest absolute Gasteiger partial charge is 0.237 e. The number of carbonyl (C=O) groups is 1. The number of nitrogens with two attached hydrogens (primary N) is 1. The summed E-state index contributed by atoms with van der Waals surface area (Å²) in [6.07, 6.45) is 1.73. The van der Waals surface area contributed by atoms with Gasteiger partial charge in [0.05, 0.1) is 12.1 Å². The van der Waals surface area contributed by atoms with E-state index in [1.54, 1.807) is 6.20 Å². The van der Waals surface area contributed by atoms with Crippen LogP contribution in [0.25, 0.3) is 0 Å². The van der Waals surface area contributed by atoms with Crippen molar-refractivity contribution in [1.82, 2.24) is 10.3 Å². The van der Waals surface area contributed by atoms with Gasteiger partial charge in [-0.2, -0.15) is 0 Å². The number of aromatic nitrogens is 1. The highest BCUT2D eigenvalue weighted by Crippen LogP contribution is 2.14. The molecule has 0 saturated heterocycles. The Morgan fingerprint density at radius 3 is 2.67 bits per heavy atom. The van der Waals surface area contributed by atoms with Crippen LogP contribution in [-0.2, 0) is 4.79 Å². The zero-order chi connectivity index (χ0) is 11.4. The van der Waals surface area contributed by atoms with Crippen LogP contribution in [0.5, 0.6) is 0 Å². The first-order valence-electron chi connectivity index (χ1n) is 4.97. The van der Waals surface area contributed by atoms with E-state index in [0.717, 1.165) is 5.01 Å². The van der Waals surface area contributed by atoms with Crippen LogP contribution in [0.1, 0.15) is 31.8 Å². The van der Waals surface area contributed by atoms with Crippen molar-refractivity contribution in [3.05, 3.63) is 16.6 Å². The Kier molecular flexibility index (Phi) is 4.23. The molecule has 1 aromatic heterocycles. The first-order valence-corrected chi connectivity index (χ1v) is 5.85. The highest BCUT2D eigenvalue weighted by molar-refractivity contribution is 7.09. The standard InChI is InChI=1S/C10H17N3OS/c1-6(2)8(11)9(14)13-7(3)10-12-4-5-15-10/h4-8H,11H2,1-3H3,(H,13,14)/t7-,8+/m1/s1. The summed E-state index contributed by atoms with van der Waals surface area (Å²) < 4.78 is 0. The molecule has 2 atom stereocenters. The van der Waals surface area contributed by atoms with E-state index in [1.165, 1.54) is 11.3 Å². The van der Waals surface area contributed by atoms with Crippen LogP contribution in [0.4, 0.5) is 0 Å². The van der Waals surface area contributed by atoms with Crippen molar-refractivity contribution in [2.45, 2.75) is 32.9 Å². The summed E-state index contributed by atoms with van der Waals surface area (Å²) in [6.45, 7) is 5.76. The quantitative estimate of drug-likeness (QED) is 0.814. The summed E-state index contributed by atoms with van der Waals surface area (Å²) in [6, 6.07) is -0.519. The zero-order valence-electron chi connectivity index (χ0n) is 9.23. The van der Waals surface area contributed by atoms with E-state index < -0.39 is 6.04 Å². The molecule has 0 aliphatic carbocycles. The van der Waals surface area contributed by atoms with Gasteiger partial charge in [-0.3, -0.25) is 4.79 Å². The van der Waals surface area contributed by atoms with Crippen LogP contribution in [0.15, 0.2) is 11.6 Å². The van der Waals surface area contributed by atoms with Gasteiger partial charge in [-0.1, -0.05) is 13.8 Å². The Morgan fingerprint density at radius 2 is 2.20 bits per heavy atom. The highest BCUT2D eigenvalue weighted by atomic mass is 32.1. The zero-order valence-corrected chi connectivity index (χ0v) is 10.0. The first-order chi connectivity index (χ1) is 7.02. The van der Waals surface area contributed by atoms with E-state index in [1.807, 2.05) is 26.2 Å². The van der Waals surface area contributed by atoms with Gasteiger partial charge < -0.3 is 11.1 Å². The molecule has 1 aromatic rings. The number of carbonyl (C=O) groups excluding carboxylic acids is 1. The maximum Gasteiger partial charge on any atom is 0.237 e. The molecule has 0 spiro atoms. The summed E-state index contributed by atoms with van der Waals surface area (Å²) in [4.78, 5) is 15.8. The van der Waals surface area contributed by atoms with E-state index in [0.29, 0.717) is 0 Å². The molecule has 1 rings (SSSR count). The maximum absolute atomic E-state index is 11.6. The second-order valence-electron chi connectivity index (χ2n) is 3.87. The van der Waals surface area contributed by atoms with Crippen LogP contribution in [0.3, 0.4) is 0 Å². The third-order valence-electron chi connectivity index (χ3n) is 2.20. The van der Waals surface area contributed by atoms with Crippen LogP contribution in [-0.4, -0.2) is 16.9 Å². The molecule has 0 unspecified atom stereocenters. The number of nitrogens with one attached hydrogen (secondary N) is 1. The number of rotatable bonds is 4. The summed E-state index contributed by atoms with van der Waals surface area (Å²) in [7, 11) is 0. The van der Waals surface area contributed by atoms with Crippen molar-refractivity contribution in [2.75, 3.05) is 0 Å². The Bertz CT molecular complexity index is 310. The van der Waals surface area contributed by atoms with Gasteiger partial charge in [0.25, 0.3) is 0 Å². The molecular weight excluding hydrogens is 210 g/mol. The van der Waals surface area contributed by atoms with Gasteiger partial charge in [0.15, 0.2) is 0 Å². The number of hydrogen-bond donors (Lipinski definition) is 2. The molecule has 4 nitrogen and oxygen atoms in total. The van der Waals surface area contributed by atoms with Gasteiger partial charge in [0, 0.05) is 11.6 Å². The van der Waals surface area contributed by atoms with Crippen molar-refractivity contribution in [2.24, 2.45) is 11.7 Å². The van der Waals surface area contributed by atoms with E-state index >= 15 is 0 Å². The minimum absolute atomic E-state index is 0.0673. The molecule has 15 heavy (non-hydrogen) atoms. The molecule has 3 N–H and O–H groups in total. The Morgan fingerprint density at radius 1 is 1.53 bits per heavy atom. The Hall–Kier alpha value is -0.940. The van der Waals surface area contributed by atoms with Gasteiger partial charge in [0.1, 0.15) is 5.01 Å². The van der Waals surface area contributed by atoms with Gasteiger partial charge in [0.2, 0.25) is 5.91 Å². The predicted molar refractivity (Wildman–Crippen MR) is 61.5 cm³/mol. The minimum atomic E-state index is -0.451. The third-order valence-corrected chi connectivity index (χ3v) is 3.16. The van der Waals surface area contributed by atoms with Crippen LogP contribution < -0.4 is 11.1 Å². The fourth-order valence-corrected chi connectivity index (χ4v) is 1.77. The first kappa shape index (κ1) is 12.1. The van der Waals surface area contributed by atoms with Crippen molar-refractivity contribution >= 4 is 17.2 Å². The van der Waals surface area contributed by atoms with E-state index in [2.05, 4.69) is 10.3 Å². The van der Waals surface area contributed by atoms with Gasteiger partial charge in [-0.25, -0.2) is 4.98 Å². The van der Waals surface area contributed by atoms with Crippen LogP contribution in [0, 0.1) is 5.92 Å². The summed E-state index contributed by atoms with van der Waals surface area (Å²) >= 11 is 1.53. The molecule has 0 saturated carbocycles. The molecule has 1 amide bonds. The molecular formula is C10H17N3OS. The summed E-state index contributed by atoms with van der Waals surface area (Å²) in [5.41, 5.74) is 5.73. The maximum atomic E-state index is 11.6. The largest absolute Gasteiger partial charge is 0.346 e. The number of thiazole rings is 1. The average Bonchev–Trinajstić information content (AvgIpc) is 2.68. The molecule has 0 radical (unpaired) electrons. The molecule has 0 fully saturated rings. The summed E-state index contributed by atoms with van der Waals surface area (Å²) in [5, 5.41) is 5.64. The number of amides is 1. The SMILES string of the molecule is CC(C)[C@H](N)C(=O)N[C@H](C)c1nccs1. The molecule has 0 aliphatic heterocycles. The van der Waals surface area contributed by atoms with E-state index in [-0.39, 0.29) is 17.9 Å². The lowest BCUT2D eigenvalue weighted by Gasteiger charge is -2.18. The lowest BCUT2D eigenvalue weighted by molar-refractivity contribution is -0.123. The summed E-state index contributed by atoms with van der Waals surface area (Å²) in [5.74, 6) is 0.0289. The molecule has 0 aliphatic rings. The molecule has 0 aromatic carbocycles. The number of hydrogen-bond acceptors (Lipinski definition) is 4. The van der Waals surface area contributed by atoms with Crippen LogP contribution in [0.2, 0.25) is 0 Å². The predicted octanol–water partition coefficient (Wildman–Crippen LogP) is 1.30. The normalized spacial score (nSPS) is 15.0. The Labute approximate surface area is 93.9 Å². The van der Waals surface area contributed by atoms with Crippen LogP contribution >= 0.6 is 11.3 Å². The molecule has 0 bridgehead atoms. The topological polar surface area (TPSA) is 68.0 Å². The number of nitrogens with zero attached hydrogens (tertiary/aromatic N) is 1. The average molecular weight is 227 g/mol. The monoisotopic (exact) mass is 227 g/mol. The second-order valence-corrected chi connectivity index (χ2v) is 4.80.